The van der Waals surface area contributed by atoms with E-state index in [4.69, 9.17) is 10.3 Å². The van der Waals surface area contributed by atoms with Crippen LogP contribution in [0.25, 0.3) is 0 Å². The number of anilines is 1. The fourth-order valence-corrected chi connectivity index (χ4v) is 1.53. The molecule has 0 atom stereocenters. The van der Waals surface area contributed by atoms with Crippen molar-refractivity contribution in [3.8, 4) is 0 Å². The first-order valence-electron chi connectivity index (χ1n) is 2.80. The number of nitrogen functional groups attached to an aromatic ring is 1. The summed E-state index contributed by atoms with van der Waals surface area (Å²) in [5.74, 6) is 0.169. The maximum absolute atomic E-state index is 10.6. The number of hydrogen-bond acceptors (Lipinski definition) is 4. The first kappa shape index (κ1) is 13.3. The molecule has 1 aromatic rings. The van der Waals surface area contributed by atoms with Crippen LogP contribution in [-0.4, -0.2) is 18.0 Å². The zero-order chi connectivity index (χ0) is 9.35. The van der Waals surface area contributed by atoms with E-state index in [2.05, 4.69) is 20.9 Å². The van der Waals surface area contributed by atoms with Gasteiger partial charge in [-0.1, -0.05) is 0 Å². The molecule has 0 amide bonds. The van der Waals surface area contributed by atoms with Crippen molar-refractivity contribution >= 4 is 31.9 Å². The van der Waals surface area contributed by atoms with Crippen LogP contribution in [-0.2, 0) is 10.1 Å². The quantitative estimate of drug-likeness (QED) is 0.448. The third-order valence-electron chi connectivity index (χ3n) is 1.14. The average molecular weight is 277 g/mol. The Morgan fingerprint density at radius 1 is 1.62 bits per heavy atom. The van der Waals surface area contributed by atoms with Crippen LogP contribution in [0.2, 0.25) is 0 Å². The second-order valence-electron chi connectivity index (χ2n) is 2.01. The van der Waals surface area contributed by atoms with Crippen molar-refractivity contribution in [2.75, 3.05) is 5.73 Å². The molecule has 0 saturated carbocycles. The predicted octanol–water partition coefficient (Wildman–Crippen LogP) is -2.21. The molecule has 1 heterocycles. The monoisotopic (exact) mass is 276 g/mol. The molecule has 0 aliphatic carbocycles. The van der Waals surface area contributed by atoms with Gasteiger partial charge in [-0.05, 0) is 22.0 Å². The third kappa shape index (κ3) is 3.53. The minimum Gasteiger partial charge on any atom is -1.00 e. The van der Waals surface area contributed by atoms with Gasteiger partial charge >= 0.3 is 29.6 Å². The molecule has 0 bridgehead atoms. The molecule has 8 heteroatoms. The molecular weight excluding hydrogens is 271 g/mol. The first-order chi connectivity index (χ1) is 5.41. The molecule has 13 heavy (non-hydrogen) atoms. The Morgan fingerprint density at radius 2 is 2.15 bits per heavy atom. The van der Waals surface area contributed by atoms with Gasteiger partial charge in [0.05, 0.1) is 10.7 Å². The number of hydrogen-bond donors (Lipinski definition) is 2. The Labute approximate surface area is 107 Å². The van der Waals surface area contributed by atoms with Crippen molar-refractivity contribution in [2.45, 2.75) is 4.90 Å². The van der Waals surface area contributed by atoms with E-state index in [1.54, 1.807) is 0 Å². The van der Waals surface area contributed by atoms with Crippen LogP contribution in [0.5, 0.6) is 0 Å². The first-order valence-corrected chi connectivity index (χ1v) is 5.03. The Morgan fingerprint density at radius 3 is 2.54 bits per heavy atom. The van der Waals surface area contributed by atoms with E-state index >= 15 is 0 Å². The van der Waals surface area contributed by atoms with Gasteiger partial charge < -0.3 is 7.16 Å². The molecule has 0 fully saturated rings. The minimum absolute atomic E-state index is 0. The van der Waals surface area contributed by atoms with Crippen molar-refractivity contribution in [3.05, 3.63) is 16.7 Å². The maximum atomic E-state index is 10.6. The summed E-state index contributed by atoms with van der Waals surface area (Å²) in [4.78, 5) is 3.25. The van der Waals surface area contributed by atoms with E-state index in [1.165, 1.54) is 6.07 Å². The second-order valence-corrected chi connectivity index (χ2v) is 4.29. The van der Waals surface area contributed by atoms with E-state index in [-0.39, 0.29) is 41.7 Å². The van der Waals surface area contributed by atoms with Crippen LogP contribution < -0.4 is 35.3 Å². The molecule has 0 unspecified atom stereocenters. The number of halogens is 1. The van der Waals surface area contributed by atoms with E-state index in [9.17, 15) is 8.42 Å². The Kier molecular flexibility index (Phi) is 4.84. The fourth-order valence-electron chi connectivity index (χ4n) is 0.572. The number of nitrogens with two attached hydrogens (primary N) is 1. The average Bonchev–Trinajstić information content (AvgIpc) is 1.92. The number of nitrogens with zero attached hydrogens (tertiary/aromatic N) is 1. The van der Waals surface area contributed by atoms with Gasteiger partial charge in [0, 0.05) is 0 Å². The summed E-state index contributed by atoms with van der Waals surface area (Å²) in [6.45, 7) is 0. The zero-order valence-corrected chi connectivity index (χ0v) is 11.1. The molecule has 1 aromatic heterocycles. The minimum atomic E-state index is -4.19. The van der Waals surface area contributed by atoms with Crippen molar-refractivity contribution in [3.63, 3.8) is 0 Å². The van der Waals surface area contributed by atoms with E-state index < -0.39 is 10.1 Å². The van der Waals surface area contributed by atoms with Gasteiger partial charge in [-0.2, -0.15) is 8.42 Å². The number of pyridine rings is 1. The molecule has 0 spiro atoms. The summed E-state index contributed by atoms with van der Waals surface area (Å²) in [6, 6.07) is 1.18. The molecule has 3 N–H and O–H groups in total. The molecule has 0 saturated heterocycles. The number of aromatic nitrogens is 1. The van der Waals surface area contributed by atoms with Crippen LogP contribution in [0.1, 0.15) is 1.43 Å². The molecule has 0 radical (unpaired) electrons. The van der Waals surface area contributed by atoms with Crippen molar-refractivity contribution in [1.29, 1.82) is 0 Å². The fraction of sp³-hybridized carbons (Fsp3) is 0. The van der Waals surface area contributed by atoms with Crippen LogP contribution in [0, 0.1) is 0 Å². The Balaban J connectivity index is 0. The summed E-state index contributed by atoms with van der Waals surface area (Å²) < 4.78 is 30.0. The van der Waals surface area contributed by atoms with Crippen LogP contribution in [0.15, 0.2) is 21.6 Å². The normalized spacial score (nSPS) is 10.6. The molecule has 68 valence electrons. The van der Waals surface area contributed by atoms with Gasteiger partial charge in [0.25, 0.3) is 10.1 Å². The molecular formula is C5H6BrN2NaO3S. The molecule has 5 nitrogen and oxygen atoms in total. The van der Waals surface area contributed by atoms with E-state index in [1.807, 2.05) is 0 Å². The van der Waals surface area contributed by atoms with Crippen LogP contribution in [0.4, 0.5) is 5.82 Å². The summed E-state index contributed by atoms with van der Waals surface area (Å²) >= 11 is 2.98. The molecule has 0 aliphatic rings. The SMILES string of the molecule is Nc1ncc(S(=O)(=O)O)cc1Br.[H-].[Na+]. The summed E-state index contributed by atoms with van der Waals surface area (Å²) in [5, 5.41) is 0. The molecule has 0 aliphatic heterocycles. The van der Waals surface area contributed by atoms with Gasteiger partial charge in [-0.15, -0.1) is 0 Å². The second kappa shape index (κ2) is 4.72. The van der Waals surface area contributed by atoms with E-state index in [0.717, 1.165) is 6.20 Å². The van der Waals surface area contributed by atoms with Gasteiger partial charge in [-0.3, -0.25) is 4.55 Å². The number of rotatable bonds is 1. The van der Waals surface area contributed by atoms with Crippen LogP contribution in [0.3, 0.4) is 0 Å². The zero-order valence-electron chi connectivity index (χ0n) is 7.73. The standard InChI is InChI=1S/C5H5BrN2O3S.Na.H/c6-4-1-3(12(9,10)11)2-8-5(4)7;;/h1-2H,(H2,7,8)(H,9,10,11);;/q;+1;-1. The summed E-state index contributed by atoms with van der Waals surface area (Å²) in [5.41, 5.74) is 5.30. The summed E-state index contributed by atoms with van der Waals surface area (Å²) in [6.07, 6.45) is 0.982. The van der Waals surface area contributed by atoms with Crippen molar-refractivity contribution in [1.82, 2.24) is 4.98 Å². The summed E-state index contributed by atoms with van der Waals surface area (Å²) in [7, 11) is -4.19. The van der Waals surface area contributed by atoms with Gasteiger partial charge in [0.2, 0.25) is 0 Å². The largest absolute Gasteiger partial charge is 1.00 e. The maximum Gasteiger partial charge on any atom is 1.00 e. The van der Waals surface area contributed by atoms with Crippen molar-refractivity contribution in [2.24, 2.45) is 0 Å². The Bertz CT molecular complexity index is 413. The third-order valence-corrected chi connectivity index (χ3v) is 2.60. The topological polar surface area (TPSA) is 93.3 Å². The molecule has 1 rings (SSSR count). The van der Waals surface area contributed by atoms with Crippen LogP contribution >= 0.6 is 15.9 Å². The van der Waals surface area contributed by atoms with Gasteiger partial charge in [0.15, 0.2) is 0 Å². The predicted molar refractivity (Wildman–Crippen MR) is 47.3 cm³/mol. The Hall–Kier alpha value is 0.340. The van der Waals surface area contributed by atoms with E-state index in [0.29, 0.717) is 4.47 Å². The van der Waals surface area contributed by atoms with Gasteiger partial charge in [0.1, 0.15) is 10.7 Å². The molecule has 0 aromatic carbocycles. The van der Waals surface area contributed by atoms with Gasteiger partial charge in [-0.25, -0.2) is 4.98 Å². The van der Waals surface area contributed by atoms with Crippen molar-refractivity contribution < 1.29 is 44.0 Å². The smallest absolute Gasteiger partial charge is 1.00 e.